The van der Waals surface area contributed by atoms with Crippen molar-refractivity contribution in [3.63, 3.8) is 0 Å². The fourth-order valence-electron chi connectivity index (χ4n) is 3.30. The highest BCUT2D eigenvalue weighted by molar-refractivity contribution is 6.07. The zero-order valence-electron chi connectivity index (χ0n) is 15.6. The second-order valence-electron chi connectivity index (χ2n) is 6.46. The minimum atomic E-state index is 0.000155. The largest absolute Gasteiger partial charge is 0.351 e. The number of rotatable bonds is 8. The predicted molar refractivity (Wildman–Crippen MR) is 108 cm³/mol. The lowest BCUT2D eigenvalue weighted by Gasteiger charge is -2.17. The van der Waals surface area contributed by atoms with Gasteiger partial charge in [0.1, 0.15) is 0 Å². The van der Waals surface area contributed by atoms with Crippen molar-refractivity contribution in [2.75, 3.05) is 26.2 Å². The molecule has 1 amide bonds. The molecule has 1 heterocycles. The number of hydrogen-bond acceptors (Lipinski definition) is 2. The van der Waals surface area contributed by atoms with Gasteiger partial charge in [-0.1, -0.05) is 62.4 Å². The van der Waals surface area contributed by atoms with Gasteiger partial charge >= 0.3 is 0 Å². The van der Waals surface area contributed by atoms with Crippen molar-refractivity contribution in [1.82, 2.24) is 14.8 Å². The van der Waals surface area contributed by atoms with E-state index in [1.807, 2.05) is 42.6 Å². The second kappa shape index (κ2) is 8.68. The molecule has 0 aliphatic heterocycles. The molecule has 0 bridgehead atoms. The quantitative estimate of drug-likeness (QED) is 0.672. The van der Waals surface area contributed by atoms with E-state index < -0.39 is 0 Å². The van der Waals surface area contributed by atoms with Crippen LogP contribution in [0.3, 0.4) is 0 Å². The Labute approximate surface area is 155 Å². The van der Waals surface area contributed by atoms with E-state index in [9.17, 15) is 4.79 Å². The van der Waals surface area contributed by atoms with Crippen molar-refractivity contribution in [1.29, 1.82) is 0 Å². The van der Waals surface area contributed by atoms with Gasteiger partial charge in [0.05, 0.1) is 5.56 Å². The van der Waals surface area contributed by atoms with Gasteiger partial charge in [-0.2, -0.15) is 0 Å². The van der Waals surface area contributed by atoms with E-state index >= 15 is 0 Å². The Morgan fingerprint density at radius 2 is 1.69 bits per heavy atom. The zero-order chi connectivity index (χ0) is 18.4. The Morgan fingerprint density at radius 1 is 1.00 bits per heavy atom. The molecule has 0 spiro atoms. The van der Waals surface area contributed by atoms with Crippen LogP contribution in [0.25, 0.3) is 10.9 Å². The SMILES string of the molecule is CCN(CC)CCNC(=O)c1cn(Cc2ccccc2)c2ccccc12. The summed E-state index contributed by atoms with van der Waals surface area (Å²) in [5, 5.41) is 4.08. The first kappa shape index (κ1) is 18.2. The Morgan fingerprint density at radius 3 is 2.42 bits per heavy atom. The molecule has 3 rings (SSSR count). The highest BCUT2D eigenvalue weighted by Gasteiger charge is 2.15. The fourth-order valence-corrected chi connectivity index (χ4v) is 3.30. The van der Waals surface area contributed by atoms with E-state index in [2.05, 4.69) is 46.8 Å². The normalized spacial score (nSPS) is 11.2. The average molecular weight is 349 g/mol. The number of carbonyl (C=O) groups excluding carboxylic acids is 1. The summed E-state index contributed by atoms with van der Waals surface area (Å²) in [7, 11) is 0. The van der Waals surface area contributed by atoms with Crippen LogP contribution in [0.5, 0.6) is 0 Å². The van der Waals surface area contributed by atoms with Crippen molar-refractivity contribution in [3.05, 3.63) is 71.9 Å². The van der Waals surface area contributed by atoms with Gasteiger partial charge in [0, 0.05) is 36.7 Å². The Bertz CT molecular complexity index is 850. The number of aromatic nitrogens is 1. The number of carbonyl (C=O) groups is 1. The maximum atomic E-state index is 12.7. The standard InChI is InChI=1S/C22H27N3O/c1-3-24(4-2)15-14-23-22(26)20-17-25(16-18-10-6-5-7-11-18)21-13-9-8-12-19(20)21/h5-13,17H,3-4,14-16H2,1-2H3,(H,23,26). The highest BCUT2D eigenvalue weighted by atomic mass is 16.1. The van der Waals surface area contributed by atoms with E-state index in [-0.39, 0.29) is 5.91 Å². The molecule has 0 aliphatic carbocycles. The lowest BCUT2D eigenvalue weighted by atomic mass is 10.1. The number of para-hydroxylation sites is 1. The van der Waals surface area contributed by atoms with Gasteiger partial charge in [-0.3, -0.25) is 4.79 Å². The number of benzene rings is 2. The summed E-state index contributed by atoms with van der Waals surface area (Å²) in [5.41, 5.74) is 3.06. The van der Waals surface area contributed by atoms with Crippen LogP contribution < -0.4 is 5.32 Å². The number of likely N-dealkylation sites (N-methyl/N-ethyl adjacent to an activating group) is 1. The molecular weight excluding hydrogens is 322 g/mol. The van der Waals surface area contributed by atoms with Crippen LogP contribution in [-0.2, 0) is 6.54 Å². The lowest BCUT2D eigenvalue weighted by Crippen LogP contribution is -2.34. The van der Waals surface area contributed by atoms with Crippen LogP contribution in [0.1, 0.15) is 29.8 Å². The molecule has 0 unspecified atom stereocenters. The maximum absolute atomic E-state index is 12.7. The van der Waals surface area contributed by atoms with Gasteiger partial charge < -0.3 is 14.8 Å². The molecule has 1 aromatic heterocycles. The summed E-state index contributed by atoms with van der Waals surface area (Å²) in [6, 6.07) is 18.4. The van der Waals surface area contributed by atoms with E-state index in [1.165, 1.54) is 5.56 Å². The smallest absolute Gasteiger partial charge is 0.253 e. The molecule has 3 aromatic rings. The molecule has 0 fully saturated rings. The summed E-state index contributed by atoms with van der Waals surface area (Å²) in [6.07, 6.45) is 1.98. The molecule has 1 N–H and O–H groups in total. The minimum absolute atomic E-state index is 0.000155. The minimum Gasteiger partial charge on any atom is -0.351 e. The summed E-state index contributed by atoms with van der Waals surface area (Å²) in [4.78, 5) is 15.0. The molecule has 2 aromatic carbocycles. The van der Waals surface area contributed by atoms with Crippen LogP contribution in [0.2, 0.25) is 0 Å². The zero-order valence-corrected chi connectivity index (χ0v) is 15.6. The number of fused-ring (bicyclic) bond motifs is 1. The van der Waals surface area contributed by atoms with Crippen LogP contribution in [0.4, 0.5) is 0 Å². The van der Waals surface area contributed by atoms with Crippen molar-refractivity contribution >= 4 is 16.8 Å². The summed E-state index contributed by atoms with van der Waals surface area (Å²) >= 11 is 0. The lowest BCUT2D eigenvalue weighted by molar-refractivity contribution is 0.0950. The number of nitrogens with one attached hydrogen (secondary N) is 1. The van der Waals surface area contributed by atoms with Crippen LogP contribution in [-0.4, -0.2) is 41.6 Å². The third-order valence-electron chi connectivity index (χ3n) is 4.84. The van der Waals surface area contributed by atoms with Crippen molar-refractivity contribution in [2.45, 2.75) is 20.4 Å². The Balaban J connectivity index is 1.79. The molecule has 4 heteroatoms. The highest BCUT2D eigenvalue weighted by Crippen LogP contribution is 2.22. The van der Waals surface area contributed by atoms with E-state index in [0.717, 1.165) is 42.6 Å². The average Bonchev–Trinajstić information content (AvgIpc) is 3.05. The van der Waals surface area contributed by atoms with Crippen LogP contribution in [0, 0.1) is 0 Å². The van der Waals surface area contributed by atoms with Gasteiger partial charge in [-0.25, -0.2) is 0 Å². The molecule has 136 valence electrons. The third-order valence-corrected chi connectivity index (χ3v) is 4.84. The van der Waals surface area contributed by atoms with Gasteiger partial charge in [0.2, 0.25) is 0 Å². The van der Waals surface area contributed by atoms with E-state index in [4.69, 9.17) is 0 Å². The molecule has 26 heavy (non-hydrogen) atoms. The topological polar surface area (TPSA) is 37.3 Å². The first-order valence-electron chi connectivity index (χ1n) is 9.35. The monoisotopic (exact) mass is 349 g/mol. The molecule has 0 radical (unpaired) electrons. The number of hydrogen-bond donors (Lipinski definition) is 1. The number of nitrogens with zero attached hydrogens (tertiary/aromatic N) is 2. The van der Waals surface area contributed by atoms with Crippen molar-refractivity contribution in [2.24, 2.45) is 0 Å². The molecule has 0 atom stereocenters. The second-order valence-corrected chi connectivity index (χ2v) is 6.46. The fraction of sp³-hybridized carbons (Fsp3) is 0.318. The number of amides is 1. The summed E-state index contributed by atoms with van der Waals surface area (Å²) in [5.74, 6) is 0.000155. The predicted octanol–water partition coefficient (Wildman–Crippen LogP) is 3.76. The molecule has 4 nitrogen and oxygen atoms in total. The van der Waals surface area contributed by atoms with Crippen LogP contribution >= 0.6 is 0 Å². The molecule has 0 saturated heterocycles. The van der Waals surface area contributed by atoms with Gasteiger partial charge in [-0.05, 0) is 24.7 Å². The first-order valence-corrected chi connectivity index (χ1v) is 9.35. The van der Waals surface area contributed by atoms with Crippen molar-refractivity contribution in [3.8, 4) is 0 Å². The van der Waals surface area contributed by atoms with Gasteiger partial charge in [0.25, 0.3) is 5.91 Å². The van der Waals surface area contributed by atoms with Gasteiger partial charge in [-0.15, -0.1) is 0 Å². The first-order chi connectivity index (χ1) is 12.7. The van der Waals surface area contributed by atoms with E-state index in [0.29, 0.717) is 6.54 Å². The van der Waals surface area contributed by atoms with E-state index in [1.54, 1.807) is 0 Å². The maximum Gasteiger partial charge on any atom is 0.253 e. The third kappa shape index (κ3) is 4.14. The molecule has 0 saturated carbocycles. The summed E-state index contributed by atoms with van der Waals surface area (Å²) < 4.78 is 2.16. The van der Waals surface area contributed by atoms with Crippen molar-refractivity contribution < 1.29 is 4.79 Å². The Kier molecular flexibility index (Phi) is 6.08. The molecule has 0 aliphatic rings. The van der Waals surface area contributed by atoms with Gasteiger partial charge in [0.15, 0.2) is 0 Å². The Hall–Kier alpha value is -2.59. The molecular formula is C22H27N3O. The van der Waals surface area contributed by atoms with Crippen LogP contribution in [0.15, 0.2) is 60.8 Å². The summed E-state index contributed by atoms with van der Waals surface area (Å²) in [6.45, 7) is 8.59.